The Hall–Kier alpha value is -3.56. The zero-order valence-corrected chi connectivity index (χ0v) is 20.5. The molecule has 4 heterocycles. The van der Waals surface area contributed by atoms with Crippen molar-refractivity contribution in [2.45, 2.75) is 38.5 Å². The molecule has 2 aromatic heterocycles. The third-order valence-electron chi connectivity index (χ3n) is 7.42. The van der Waals surface area contributed by atoms with E-state index in [1.54, 1.807) is 0 Å². The second-order valence-corrected chi connectivity index (χ2v) is 9.71. The molecule has 2 atom stereocenters. The first-order chi connectivity index (χ1) is 17.7. The number of hydrogen-bond donors (Lipinski definition) is 1. The van der Waals surface area contributed by atoms with Crippen LogP contribution in [0.1, 0.15) is 35.8 Å². The lowest BCUT2D eigenvalue weighted by molar-refractivity contribution is 0.0906. The van der Waals surface area contributed by atoms with Gasteiger partial charge >= 0.3 is 0 Å². The third-order valence-corrected chi connectivity index (χ3v) is 7.42. The lowest BCUT2D eigenvalue weighted by atomic mass is 10.0. The lowest BCUT2D eigenvalue weighted by Gasteiger charge is -2.39. The number of anilines is 1. The molecule has 0 amide bonds. The highest BCUT2D eigenvalue weighted by Crippen LogP contribution is 2.30. The van der Waals surface area contributed by atoms with Crippen molar-refractivity contribution in [3.8, 4) is 0 Å². The number of hydrogen-bond acceptors (Lipinski definition) is 7. The Morgan fingerprint density at radius 3 is 2.69 bits per heavy atom. The molecule has 9 nitrogen and oxygen atoms in total. The van der Waals surface area contributed by atoms with Gasteiger partial charge in [0.05, 0.1) is 18.2 Å². The van der Waals surface area contributed by atoms with Gasteiger partial charge in [0, 0.05) is 44.0 Å². The maximum absolute atomic E-state index is 13.5. The van der Waals surface area contributed by atoms with Crippen molar-refractivity contribution in [1.82, 2.24) is 30.1 Å². The zero-order chi connectivity index (χ0) is 24.5. The average Bonchev–Trinajstić information content (AvgIpc) is 3.59. The summed E-state index contributed by atoms with van der Waals surface area (Å²) < 4.78 is 7.70. The van der Waals surface area contributed by atoms with E-state index in [-0.39, 0.29) is 17.7 Å². The van der Waals surface area contributed by atoms with Crippen LogP contribution in [0.4, 0.5) is 5.69 Å². The fraction of sp³-hybridized carbons (Fsp3) is 0.407. The van der Waals surface area contributed by atoms with E-state index < -0.39 is 0 Å². The van der Waals surface area contributed by atoms with Crippen LogP contribution in [0, 0.1) is 6.92 Å². The Labute approximate surface area is 209 Å². The standard InChI is InChI=1S/C27H31N7O2/c1-19-7-5-8-20-17-23(27(35)28-24(19)20)25(26-29-30-31-34(26)18-22-11-6-16-36-22)33-14-12-32(13-15-33)21-9-3-2-4-10-21/h2-5,7-10,17,22,25H,6,11-16,18H2,1H3,(H,28,35). The third kappa shape index (κ3) is 4.40. The second kappa shape index (κ2) is 9.83. The Bertz CT molecular complexity index is 1390. The van der Waals surface area contributed by atoms with E-state index in [0.717, 1.165) is 62.1 Å². The Morgan fingerprint density at radius 1 is 1.08 bits per heavy atom. The highest BCUT2D eigenvalue weighted by Gasteiger charge is 2.33. The minimum atomic E-state index is -0.354. The fourth-order valence-corrected chi connectivity index (χ4v) is 5.50. The predicted molar refractivity (Wildman–Crippen MR) is 138 cm³/mol. The quantitative estimate of drug-likeness (QED) is 0.449. The van der Waals surface area contributed by atoms with Crippen LogP contribution in [-0.4, -0.2) is 69.0 Å². The predicted octanol–water partition coefficient (Wildman–Crippen LogP) is 2.91. The Balaban J connectivity index is 1.37. The maximum atomic E-state index is 13.5. The zero-order valence-electron chi connectivity index (χ0n) is 20.5. The molecule has 9 heteroatoms. The molecule has 4 aromatic rings. The minimum absolute atomic E-state index is 0.0976. The van der Waals surface area contributed by atoms with Crippen molar-refractivity contribution >= 4 is 16.6 Å². The van der Waals surface area contributed by atoms with Crippen LogP contribution in [0.5, 0.6) is 0 Å². The summed E-state index contributed by atoms with van der Waals surface area (Å²) in [5, 5.41) is 13.8. The minimum Gasteiger partial charge on any atom is -0.376 e. The average molecular weight is 486 g/mol. The summed E-state index contributed by atoms with van der Waals surface area (Å²) in [7, 11) is 0. The highest BCUT2D eigenvalue weighted by atomic mass is 16.5. The summed E-state index contributed by atoms with van der Waals surface area (Å²) in [5.74, 6) is 0.691. The molecule has 0 spiro atoms. The molecular formula is C27H31N7O2. The maximum Gasteiger partial charge on any atom is 0.253 e. The van der Waals surface area contributed by atoms with Crippen molar-refractivity contribution in [2.75, 3.05) is 37.7 Å². The second-order valence-electron chi connectivity index (χ2n) is 9.71. The topological polar surface area (TPSA) is 92.2 Å². The number of benzene rings is 2. The molecule has 2 saturated heterocycles. The Kier molecular flexibility index (Phi) is 6.25. The first-order valence-corrected chi connectivity index (χ1v) is 12.7. The van der Waals surface area contributed by atoms with Crippen LogP contribution in [-0.2, 0) is 11.3 Å². The number of pyridine rings is 1. The molecular weight excluding hydrogens is 454 g/mol. The first-order valence-electron chi connectivity index (χ1n) is 12.7. The Morgan fingerprint density at radius 2 is 1.92 bits per heavy atom. The van der Waals surface area contributed by atoms with E-state index in [1.807, 2.05) is 41.9 Å². The molecule has 6 rings (SSSR count). The van der Waals surface area contributed by atoms with Gasteiger partial charge in [0.1, 0.15) is 6.04 Å². The number of para-hydroxylation sites is 2. The van der Waals surface area contributed by atoms with Crippen molar-refractivity contribution in [3.05, 3.63) is 81.9 Å². The van der Waals surface area contributed by atoms with Gasteiger partial charge in [0.25, 0.3) is 5.56 Å². The van der Waals surface area contributed by atoms with Gasteiger partial charge in [-0.25, -0.2) is 4.68 Å². The highest BCUT2D eigenvalue weighted by molar-refractivity contribution is 5.82. The molecule has 2 fully saturated rings. The van der Waals surface area contributed by atoms with Crippen molar-refractivity contribution < 1.29 is 4.74 Å². The van der Waals surface area contributed by atoms with E-state index >= 15 is 0 Å². The normalized spacial score (nSPS) is 19.7. The number of H-pyrrole nitrogens is 1. The van der Waals surface area contributed by atoms with E-state index in [0.29, 0.717) is 17.9 Å². The van der Waals surface area contributed by atoms with E-state index in [2.05, 4.69) is 54.6 Å². The monoisotopic (exact) mass is 485 g/mol. The number of aromatic nitrogens is 5. The van der Waals surface area contributed by atoms with E-state index in [4.69, 9.17) is 4.74 Å². The van der Waals surface area contributed by atoms with Crippen molar-refractivity contribution in [3.63, 3.8) is 0 Å². The van der Waals surface area contributed by atoms with Gasteiger partial charge in [-0.05, 0) is 59.3 Å². The lowest BCUT2D eigenvalue weighted by Crippen LogP contribution is -2.49. The molecule has 0 bridgehead atoms. The smallest absolute Gasteiger partial charge is 0.253 e. The number of ether oxygens (including phenoxy) is 1. The van der Waals surface area contributed by atoms with Crippen LogP contribution in [0.2, 0.25) is 0 Å². The molecule has 2 aliphatic rings. The number of tetrazole rings is 1. The molecule has 0 aliphatic carbocycles. The van der Waals surface area contributed by atoms with Gasteiger partial charge in [0.2, 0.25) is 0 Å². The molecule has 0 radical (unpaired) electrons. The van der Waals surface area contributed by atoms with Crippen LogP contribution < -0.4 is 10.5 Å². The number of aromatic amines is 1. The van der Waals surface area contributed by atoms with Gasteiger partial charge in [-0.2, -0.15) is 0 Å². The van der Waals surface area contributed by atoms with Gasteiger partial charge < -0.3 is 14.6 Å². The summed E-state index contributed by atoms with van der Waals surface area (Å²) in [6.07, 6.45) is 2.15. The summed E-state index contributed by atoms with van der Waals surface area (Å²) in [4.78, 5) is 21.4. The molecule has 2 unspecified atom stereocenters. The summed E-state index contributed by atoms with van der Waals surface area (Å²) in [6.45, 7) is 6.68. The summed E-state index contributed by atoms with van der Waals surface area (Å²) >= 11 is 0. The van der Waals surface area contributed by atoms with Crippen LogP contribution >= 0.6 is 0 Å². The van der Waals surface area contributed by atoms with E-state index in [1.165, 1.54) is 5.69 Å². The van der Waals surface area contributed by atoms with Gasteiger partial charge in [-0.15, -0.1) is 5.10 Å². The SMILES string of the molecule is Cc1cccc2cc(C(c3nnnn3CC3CCCO3)N3CCN(c4ccccc4)CC3)c(=O)[nH]c12. The van der Waals surface area contributed by atoms with Gasteiger partial charge in [-0.1, -0.05) is 36.4 Å². The van der Waals surface area contributed by atoms with Gasteiger partial charge in [-0.3, -0.25) is 9.69 Å². The molecule has 186 valence electrons. The first kappa shape index (κ1) is 22.9. The van der Waals surface area contributed by atoms with Crippen LogP contribution in [0.3, 0.4) is 0 Å². The molecule has 2 aliphatic heterocycles. The van der Waals surface area contributed by atoms with Crippen molar-refractivity contribution in [1.29, 1.82) is 0 Å². The fourth-order valence-electron chi connectivity index (χ4n) is 5.50. The number of aryl methyl sites for hydroxylation is 1. The summed E-state index contributed by atoms with van der Waals surface area (Å²) in [5.41, 5.74) is 3.71. The number of rotatable bonds is 6. The number of fused-ring (bicyclic) bond motifs is 1. The number of nitrogens with zero attached hydrogens (tertiary/aromatic N) is 6. The van der Waals surface area contributed by atoms with E-state index in [9.17, 15) is 4.79 Å². The summed E-state index contributed by atoms with van der Waals surface area (Å²) in [6, 6.07) is 18.2. The molecule has 1 N–H and O–H groups in total. The molecule has 36 heavy (non-hydrogen) atoms. The van der Waals surface area contributed by atoms with Crippen molar-refractivity contribution in [2.24, 2.45) is 0 Å². The van der Waals surface area contributed by atoms with Gasteiger partial charge in [0.15, 0.2) is 5.82 Å². The number of piperazine rings is 1. The van der Waals surface area contributed by atoms with Crippen LogP contribution in [0.15, 0.2) is 59.4 Å². The molecule has 2 aromatic carbocycles. The van der Waals surface area contributed by atoms with Crippen LogP contribution in [0.25, 0.3) is 10.9 Å². The number of nitrogens with one attached hydrogen (secondary N) is 1. The largest absolute Gasteiger partial charge is 0.376 e. The molecule has 0 saturated carbocycles.